The van der Waals surface area contributed by atoms with Gasteiger partial charge in [-0.05, 0) is 33.2 Å². The van der Waals surface area contributed by atoms with Gasteiger partial charge in [-0.2, -0.15) is 0 Å². The lowest BCUT2D eigenvalue weighted by molar-refractivity contribution is 0.163. The fraction of sp³-hybridized carbons (Fsp3) is 1.00. The molecule has 104 valence electrons. The normalized spacial score (nSPS) is 15.2. The standard InChI is InChI=1S/C14H32N2O/c1-6-8-10-16(14(4)7-2)11-9-15-13(3)12-17-5/h13-15H,6-12H2,1-5H3. The van der Waals surface area contributed by atoms with Crippen LogP contribution in [-0.4, -0.2) is 50.3 Å². The molecule has 0 aliphatic carbocycles. The minimum atomic E-state index is 0.449. The third kappa shape index (κ3) is 8.58. The summed E-state index contributed by atoms with van der Waals surface area (Å²) in [5, 5.41) is 3.50. The van der Waals surface area contributed by atoms with Crippen molar-refractivity contribution in [2.75, 3.05) is 33.4 Å². The molecule has 3 heteroatoms. The summed E-state index contributed by atoms with van der Waals surface area (Å²) in [4.78, 5) is 2.59. The molecule has 17 heavy (non-hydrogen) atoms. The lowest BCUT2D eigenvalue weighted by Gasteiger charge is -2.29. The molecule has 0 saturated heterocycles. The predicted molar refractivity (Wildman–Crippen MR) is 75.6 cm³/mol. The fourth-order valence-electron chi connectivity index (χ4n) is 1.94. The van der Waals surface area contributed by atoms with Crippen molar-refractivity contribution in [1.82, 2.24) is 10.2 Å². The molecule has 0 bridgehead atoms. The number of nitrogens with zero attached hydrogens (tertiary/aromatic N) is 1. The summed E-state index contributed by atoms with van der Waals surface area (Å²) >= 11 is 0. The Morgan fingerprint density at radius 3 is 2.41 bits per heavy atom. The smallest absolute Gasteiger partial charge is 0.0613 e. The molecule has 0 radical (unpaired) electrons. The number of rotatable bonds is 11. The molecule has 2 unspecified atom stereocenters. The molecule has 0 aliphatic heterocycles. The van der Waals surface area contributed by atoms with Gasteiger partial charge in [-0.1, -0.05) is 20.3 Å². The Kier molecular flexibility index (Phi) is 10.9. The number of nitrogens with one attached hydrogen (secondary N) is 1. The predicted octanol–water partition coefficient (Wildman–Crippen LogP) is 2.51. The molecule has 0 saturated carbocycles. The van der Waals surface area contributed by atoms with Crippen LogP contribution >= 0.6 is 0 Å². The number of unbranched alkanes of at least 4 members (excludes halogenated alkanes) is 1. The second kappa shape index (κ2) is 11.0. The summed E-state index contributed by atoms with van der Waals surface area (Å²) in [5.41, 5.74) is 0. The second-order valence-corrected chi connectivity index (χ2v) is 4.96. The third-order valence-corrected chi connectivity index (χ3v) is 3.32. The highest BCUT2D eigenvalue weighted by atomic mass is 16.5. The first-order valence-electron chi connectivity index (χ1n) is 7.12. The van der Waals surface area contributed by atoms with E-state index < -0.39 is 0 Å². The van der Waals surface area contributed by atoms with Gasteiger partial charge in [0, 0.05) is 32.3 Å². The Labute approximate surface area is 108 Å². The quantitative estimate of drug-likeness (QED) is 0.604. The lowest BCUT2D eigenvalue weighted by Crippen LogP contribution is -2.41. The largest absolute Gasteiger partial charge is 0.383 e. The van der Waals surface area contributed by atoms with Crippen molar-refractivity contribution in [3.63, 3.8) is 0 Å². The second-order valence-electron chi connectivity index (χ2n) is 4.96. The average Bonchev–Trinajstić information content (AvgIpc) is 2.32. The van der Waals surface area contributed by atoms with Crippen molar-refractivity contribution in [3.05, 3.63) is 0 Å². The van der Waals surface area contributed by atoms with E-state index >= 15 is 0 Å². The third-order valence-electron chi connectivity index (χ3n) is 3.32. The molecular formula is C14H32N2O. The van der Waals surface area contributed by atoms with Gasteiger partial charge in [0.15, 0.2) is 0 Å². The summed E-state index contributed by atoms with van der Waals surface area (Å²) in [5.74, 6) is 0. The first-order chi connectivity index (χ1) is 8.15. The summed E-state index contributed by atoms with van der Waals surface area (Å²) in [6, 6.07) is 1.14. The van der Waals surface area contributed by atoms with Crippen LogP contribution in [0.5, 0.6) is 0 Å². The molecule has 2 atom stereocenters. The van der Waals surface area contributed by atoms with Gasteiger partial charge in [-0.15, -0.1) is 0 Å². The van der Waals surface area contributed by atoms with Gasteiger partial charge in [-0.25, -0.2) is 0 Å². The minimum Gasteiger partial charge on any atom is -0.383 e. The average molecular weight is 244 g/mol. The van der Waals surface area contributed by atoms with Crippen molar-refractivity contribution in [1.29, 1.82) is 0 Å². The molecule has 0 aromatic carbocycles. The Balaban J connectivity index is 3.82. The molecule has 0 fully saturated rings. The fourth-order valence-corrected chi connectivity index (χ4v) is 1.94. The van der Waals surface area contributed by atoms with Crippen LogP contribution in [0, 0.1) is 0 Å². The molecule has 0 amide bonds. The molecule has 0 aromatic heterocycles. The number of hydrogen-bond donors (Lipinski definition) is 1. The van der Waals surface area contributed by atoms with E-state index in [-0.39, 0.29) is 0 Å². The van der Waals surface area contributed by atoms with Gasteiger partial charge < -0.3 is 10.1 Å². The highest BCUT2D eigenvalue weighted by molar-refractivity contribution is 4.68. The van der Waals surface area contributed by atoms with Crippen LogP contribution in [0.4, 0.5) is 0 Å². The van der Waals surface area contributed by atoms with Crippen LogP contribution in [0.15, 0.2) is 0 Å². The van der Waals surface area contributed by atoms with Crippen LogP contribution in [0.2, 0.25) is 0 Å². The first kappa shape index (κ1) is 16.9. The maximum atomic E-state index is 5.12. The number of ether oxygens (including phenoxy) is 1. The monoisotopic (exact) mass is 244 g/mol. The van der Waals surface area contributed by atoms with E-state index in [1.807, 2.05) is 0 Å². The minimum absolute atomic E-state index is 0.449. The Morgan fingerprint density at radius 2 is 1.88 bits per heavy atom. The molecule has 3 nitrogen and oxygen atoms in total. The Morgan fingerprint density at radius 1 is 1.18 bits per heavy atom. The van der Waals surface area contributed by atoms with Gasteiger partial charge in [-0.3, -0.25) is 4.90 Å². The lowest BCUT2D eigenvalue weighted by atomic mass is 10.2. The van der Waals surface area contributed by atoms with E-state index in [4.69, 9.17) is 4.74 Å². The van der Waals surface area contributed by atoms with Crippen molar-refractivity contribution >= 4 is 0 Å². The number of methoxy groups -OCH3 is 1. The van der Waals surface area contributed by atoms with Crippen molar-refractivity contribution in [2.45, 2.75) is 59.0 Å². The molecule has 0 aliphatic rings. The van der Waals surface area contributed by atoms with E-state index in [1.165, 1.54) is 25.8 Å². The van der Waals surface area contributed by atoms with Gasteiger partial charge in [0.1, 0.15) is 0 Å². The number of hydrogen-bond acceptors (Lipinski definition) is 3. The Hall–Kier alpha value is -0.120. The van der Waals surface area contributed by atoms with Crippen molar-refractivity contribution < 1.29 is 4.74 Å². The zero-order valence-electron chi connectivity index (χ0n) is 12.5. The highest BCUT2D eigenvalue weighted by Crippen LogP contribution is 2.04. The summed E-state index contributed by atoms with van der Waals surface area (Å²) < 4.78 is 5.12. The molecular weight excluding hydrogens is 212 g/mol. The summed E-state index contributed by atoms with van der Waals surface area (Å²) in [6.45, 7) is 13.2. The van der Waals surface area contributed by atoms with E-state index in [2.05, 4.69) is 37.9 Å². The molecule has 0 rings (SSSR count). The van der Waals surface area contributed by atoms with E-state index in [0.29, 0.717) is 12.1 Å². The van der Waals surface area contributed by atoms with E-state index in [9.17, 15) is 0 Å². The van der Waals surface area contributed by atoms with E-state index in [1.54, 1.807) is 7.11 Å². The van der Waals surface area contributed by atoms with Gasteiger partial charge in [0.25, 0.3) is 0 Å². The van der Waals surface area contributed by atoms with Crippen LogP contribution in [0.1, 0.15) is 47.0 Å². The van der Waals surface area contributed by atoms with Crippen LogP contribution in [0.3, 0.4) is 0 Å². The van der Waals surface area contributed by atoms with Gasteiger partial charge in [0.05, 0.1) is 6.61 Å². The SMILES string of the molecule is CCCCN(CCNC(C)COC)C(C)CC. The summed E-state index contributed by atoms with van der Waals surface area (Å²) in [6.07, 6.45) is 3.82. The Bertz CT molecular complexity index is 164. The van der Waals surface area contributed by atoms with Crippen LogP contribution in [-0.2, 0) is 4.74 Å². The molecule has 0 heterocycles. The molecule has 1 N–H and O–H groups in total. The van der Waals surface area contributed by atoms with Crippen molar-refractivity contribution in [3.8, 4) is 0 Å². The molecule has 0 aromatic rings. The topological polar surface area (TPSA) is 24.5 Å². The van der Waals surface area contributed by atoms with E-state index in [0.717, 1.165) is 19.7 Å². The van der Waals surface area contributed by atoms with Gasteiger partial charge >= 0.3 is 0 Å². The van der Waals surface area contributed by atoms with Crippen LogP contribution in [0.25, 0.3) is 0 Å². The van der Waals surface area contributed by atoms with Gasteiger partial charge in [0.2, 0.25) is 0 Å². The summed E-state index contributed by atoms with van der Waals surface area (Å²) in [7, 11) is 1.75. The molecule has 0 spiro atoms. The van der Waals surface area contributed by atoms with Crippen LogP contribution < -0.4 is 5.32 Å². The highest BCUT2D eigenvalue weighted by Gasteiger charge is 2.11. The zero-order valence-corrected chi connectivity index (χ0v) is 12.5. The maximum absolute atomic E-state index is 5.12. The van der Waals surface area contributed by atoms with Crippen molar-refractivity contribution in [2.24, 2.45) is 0 Å². The maximum Gasteiger partial charge on any atom is 0.0613 e. The zero-order chi connectivity index (χ0) is 13.1. The first-order valence-corrected chi connectivity index (χ1v) is 7.12.